The summed E-state index contributed by atoms with van der Waals surface area (Å²) in [6, 6.07) is 10.7. The van der Waals surface area contributed by atoms with Gasteiger partial charge in [0.05, 0.1) is 17.1 Å². The molecule has 1 aliphatic heterocycles. The molecule has 1 atom stereocenters. The Bertz CT molecular complexity index is 1200. The van der Waals surface area contributed by atoms with Crippen LogP contribution in [0.15, 0.2) is 48.5 Å². The Labute approximate surface area is 182 Å². The smallest absolute Gasteiger partial charge is 0.265 e. The Hall–Kier alpha value is -3.65. The minimum absolute atomic E-state index is 0.251. The summed E-state index contributed by atoms with van der Waals surface area (Å²) in [4.78, 5) is 24.1. The Morgan fingerprint density at radius 3 is 2.77 bits per heavy atom. The zero-order valence-electron chi connectivity index (χ0n) is 16.6. The largest absolute Gasteiger partial charge is 0.479 e. The average Bonchev–Trinajstić information content (AvgIpc) is 3.01. The van der Waals surface area contributed by atoms with Gasteiger partial charge in [-0.15, -0.1) is 0 Å². The first-order valence-electron chi connectivity index (χ1n) is 9.43. The minimum atomic E-state index is -0.570. The van der Waals surface area contributed by atoms with Crippen LogP contribution in [0.4, 0.5) is 15.8 Å². The predicted molar refractivity (Wildman–Crippen MR) is 116 cm³/mol. The third kappa shape index (κ3) is 4.29. The fourth-order valence-electron chi connectivity index (χ4n) is 3.08. The van der Waals surface area contributed by atoms with E-state index in [1.54, 1.807) is 50.3 Å². The quantitative estimate of drug-likeness (QED) is 0.591. The number of hydrogen-bond donors (Lipinski definition) is 2. The second-order valence-electron chi connectivity index (χ2n) is 6.96. The molecule has 0 spiro atoms. The number of rotatable bonds is 4. The summed E-state index contributed by atoms with van der Waals surface area (Å²) in [7, 11) is 0. The Balaban J connectivity index is 1.49. The summed E-state index contributed by atoms with van der Waals surface area (Å²) in [5, 5.41) is 10.1. The Kier molecular flexibility index (Phi) is 5.48. The van der Waals surface area contributed by atoms with Gasteiger partial charge >= 0.3 is 0 Å². The van der Waals surface area contributed by atoms with Gasteiger partial charge in [-0.3, -0.25) is 9.59 Å². The van der Waals surface area contributed by atoms with Crippen LogP contribution in [-0.2, 0) is 9.59 Å². The van der Waals surface area contributed by atoms with E-state index in [0.717, 1.165) is 0 Å². The Morgan fingerprint density at radius 2 is 2.03 bits per heavy atom. The van der Waals surface area contributed by atoms with E-state index in [1.165, 1.54) is 22.9 Å². The van der Waals surface area contributed by atoms with E-state index in [0.29, 0.717) is 39.2 Å². The first-order chi connectivity index (χ1) is 14.8. The summed E-state index contributed by atoms with van der Waals surface area (Å²) < 4.78 is 20.1. The van der Waals surface area contributed by atoms with Crippen molar-refractivity contribution in [2.45, 2.75) is 20.0 Å². The third-order valence-corrected chi connectivity index (χ3v) is 5.06. The van der Waals surface area contributed by atoms with Gasteiger partial charge in [0.1, 0.15) is 16.7 Å². The molecule has 0 radical (unpaired) electrons. The molecule has 7 nitrogen and oxygen atoms in total. The maximum atomic E-state index is 13.2. The van der Waals surface area contributed by atoms with Gasteiger partial charge in [-0.25, -0.2) is 9.07 Å². The van der Waals surface area contributed by atoms with Gasteiger partial charge < -0.3 is 15.4 Å². The number of amides is 2. The SMILES string of the molecule is Cc1nn(-c2ccc(F)cc2)c(Cl)c1/C=C/C(=O)Nc1ccc2c(c1)NC(=O)C(C)O2. The molecule has 0 aliphatic carbocycles. The summed E-state index contributed by atoms with van der Waals surface area (Å²) in [6.45, 7) is 3.42. The number of carbonyl (C=O) groups excluding carboxylic acids is 2. The Morgan fingerprint density at radius 1 is 1.29 bits per heavy atom. The molecule has 2 heterocycles. The highest BCUT2D eigenvalue weighted by Gasteiger charge is 2.23. The summed E-state index contributed by atoms with van der Waals surface area (Å²) >= 11 is 6.42. The van der Waals surface area contributed by atoms with Gasteiger partial charge in [0.15, 0.2) is 6.10 Å². The van der Waals surface area contributed by atoms with Crippen LogP contribution >= 0.6 is 11.6 Å². The van der Waals surface area contributed by atoms with E-state index < -0.39 is 6.10 Å². The fourth-order valence-corrected chi connectivity index (χ4v) is 3.42. The molecule has 1 unspecified atom stereocenters. The lowest BCUT2D eigenvalue weighted by Gasteiger charge is -2.23. The van der Waals surface area contributed by atoms with E-state index >= 15 is 0 Å². The van der Waals surface area contributed by atoms with Crippen LogP contribution in [0.25, 0.3) is 11.8 Å². The number of nitrogens with one attached hydrogen (secondary N) is 2. The van der Waals surface area contributed by atoms with Crippen LogP contribution in [0, 0.1) is 12.7 Å². The molecule has 0 saturated heterocycles. The number of aryl methyl sites for hydroxylation is 1. The van der Waals surface area contributed by atoms with E-state index in [1.807, 2.05) is 0 Å². The first kappa shape index (κ1) is 20.6. The first-order valence-corrected chi connectivity index (χ1v) is 9.81. The van der Waals surface area contributed by atoms with Crippen molar-refractivity contribution < 1.29 is 18.7 Å². The standard InChI is InChI=1S/C22H18ClFN4O3/c1-12-17(21(23)28(27-12)16-6-3-14(24)4-7-16)8-10-20(29)25-15-5-9-19-18(11-15)26-22(30)13(2)31-19/h3-11,13H,1-2H3,(H,25,29)(H,26,30)/b10-8+. The van der Waals surface area contributed by atoms with Gasteiger partial charge in [0.25, 0.3) is 5.91 Å². The highest BCUT2D eigenvalue weighted by Crippen LogP contribution is 2.32. The summed E-state index contributed by atoms with van der Waals surface area (Å²) in [5.41, 5.74) is 2.77. The molecule has 0 fully saturated rings. The van der Waals surface area contributed by atoms with Crippen molar-refractivity contribution in [3.63, 3.8) is 0 Å². The van der Waals surface area contributed by atoms with Crippen molar-refractivity contribution in [3.8, 4) is 11.4 Å². The molecule has 158 valence electrons. The van der Waals surface area contributed by atoms with Crippen LogP contribution in [0.3, 0.4) is 0 Å². The number of anilines is 2. The normalized spacial score (nSPS) is 15.4. The van der Waals surface area contributed by atoms with Crippen molar-refractivity contribution >= 4 is 40.9 Å². The molecule has 3 aromatic rings. The second kappa shape index (κ2) is 8.23. The van der Waals surface area contributed by atoms with Gasteiger partial charge in [-0.1, -0.05) is 11.6 Å². The van der Waals surface area contributed by atoms with E-state index in [9.17, 15) is 14.0 Å². The molecule has 1 aliphatic rings. The van der Waals surface area contributed by atoms with Crippen molar-refractivity contribution in [1.82, 2.24) is 9.78 Å². The van der Waals surface area contributed by atoms with E-state index in [2.05, 4.69) is 15.7 Å². The molecular formula is C22H18ClFN4O3. The molecule has 0 saturated carbocycles. The number of ether oxygens (including phenoxy) is 1. The van der Waals surface area contributed by atoms with Crippen molar-refractivity contribution in [2.24, 2.45) is 0 Å². The highest BCUT2D eigenvalue weighted by molar-refractivity contribution is 6.31. The maximum Gasteiger partial charge on any atom is 0.265 e. The number of nitrogens with zero attached hydrogens (tertiary/aromatic N) is 2. The van der Waals surface area contributed by atoms with E-state index in [-0.39, 0.29) is 17.6 Å². The zero-order chi connectivity index (χ0) is 22.1. The molecule has 31 heavy (non-hydrogen) atoms. The lowest BCUT2D eigenvalue weighted by atomic mass is 10.2. The average molecular weight is 441 g/mol. The van der Waals surface area contributed by atoms with E-state index in [4.69, 9.17) is 16.3 Å². The van der Waals surface area contributed by atoms with Crippen LogP contribution in [0.5, 0.6) is 5.75 Å². The van der Waals surface area contributed by atoms with Crippen molar-refractivity contribution in [3.05, 3.63) is 70.8 Å². The monoisotopic (exact) mass is 440 g/mol. The second-order valence-corrected chi connectivity index (χ2v) is 7.32. The number of aromatic nitrogens is 2. The molecule has 0 bridgehead atoms. The fraction of sp³-hybridized carbons (Fsp3) is 0.136. The molecular weight excluding hydrogens is 423 g/mol. The number of halogens is 2. The van der Waals surface area contributed by atoms with Gasteiger partial charge in [-0.2, -0.15) is 5.10 Å². The number of carbonyl (C=O) groups is 2. The molecule has 1 aromatic heterocycles. The number of hydrogen-bond acceptors (Lipinski definition) is 4. The molecule has 2 amide bonds. The van der Waals surface area contributed by atoms with Gasteiger partial charge in [0.2, 0.25) is 5.91 Å². The molecule has 4 rings (SSSR count). The lowest BCUT2D eigenvalue weighted by molar-refractivity contribution is -0.122. The molecule has 2 N–H and O–H groups in total. The van der Waals surface area contributed by atoms with Crippen LogP contribution in [-0.4, -0.2) is 27.7 Å². The summed E-state index contributed by atoms with van der Waals surface area (Å²) in [6.07, 6.45) is 2.33. The van der Waals surface area contributed by atoms with Crippen molar-refractivity contribution in [1.29, 1.82) is 0 Å². The minimum Gasteiger partial charge on any atom is -0.479 e. The van der Waals surface area contributed by atoms with Crippen molar-refractivity contribution in [2.75, 3.05) is 10.6 Å². The lowest BCUT2D eigenvalue weighted by Crippen LogP contribution is -2.34. The maximum absolute atomic E-state index is 13.2. The predicted octanol–water partition coefficient (Wildman–Crippen LogP) is 4.34. The van der Waals surface area contributed by atoms with Gasteiger partial charge in [0, 0.05) is 17.3 Å². The van der Waals surface area contributed by atoms with Crippen LogP contribution in [0.1, 0.15) is 18.2 Å². The van der Waals surface area contributed by atoms with Crippen LogP contribution in [0.2, 0.25) is 5.15 Å². The highest BCUT2D eigenvalue weighted by atomic mass is 35.5. The number of fused-ring (bicyclic) bond motifs is 1. The number of benzene rings is 2. The summed E-state index contributed by atoms with van der Waals surface area (Å²) in [5.74, 6) is -0.458. The topological polar surface area (TPSA) is 85.3 Å². The molecule has 2 aromatic carbocycles. The van der Waals surface area contributed by atoms with Crippen LogP contribution < -0.4 is 15.4 Å². The van der Waals surface area contributed by atoms with Gasteiger partial charge in [-0.05, 0) is 62.4 Å². The third-order valence-electron chi connectivity index (χ3n) is 4.70. The molecule has 9 heteroatoms. The zero-order valence-corrected chi connectivity index (χ0v) is 17.4.